The first-order valence-electron chi connectivity index (χ1n) is 8.56. The van der Waals surface area contributed by atoms with Crippen LogP contribution in [0.5, 0.6) is 11.5 Å². The van der Waals surface area contributed by atoms with Crippen LogP contribution in [0.3, 0.4) is 0 Å². The highest BCUT2D eigenvalue weighted by Crippen LogP contribution is 2.23. The molecule has 8 heteroatoms. The van der Waals surface area contributed by atoms with Crippen molar-refractivity contribution in [3.8, 4) is 11.5 Å². The number of anilines is 1. The molecule has 0 unspecified atom stereocenters. The molecule has 1 N–H and O–H groups in total. The number of benzene rings is 1. The number of nitrogens with zero attached hydrogens (tertiary/aromatic N) is 1. The SMILES string of the molecule is CCOc1ccc(OCC(=O)OCC(=O)Nc2cc(C(C)(C)C)no2)cc1. The Morgan fingerprint density at radius 3 is 2.26 bits per heavy atom. The lowest BCUT2D eigenvalue weighted by molar-refractivity contribution is -0.149. The van der Waals surface area contributed by atoms with E-state index in [1.165, 1.54) is 0 Å². The molecule has 1 aromatic heterocycles. The monoisotopic (exact) mass is 376 g/mol. The highest BCUT2D eigenvalue weighted by Gasteiger charge is 2.20. The lowest BCUT2D eigenvalue weighted by atomic mass is 9.92. The molecule has 0 aliphatic carbocycles. The number of carbonyl (C=O) groups is 2. The summed E-state index contributed by atoms with van der Waals surface area (Å²) in [6.45, 7) is 7.63. The predicted octanol–water partition coefficient (Wildman–Crippen LogP) is 2.93. The Kier molecular flexibility index (Phi) is 6.81. The van der Waals surface area contributed by atoms with Crippen LogP contribution in [0.4, 0.5) is 5.88 Å². The molecule has 0 saturated carbocycles. The van der Waals surface area contributed by atoms with Crippen molar-refractivity contribution in [3.63, 3.8) is 0 Å². The molecule has 146 valence electrons. The van der Waals surface area contributed by atoms with Gasteiger partial charge in [0.15, 0.2) is 13.2 Å². The second-order valence-corrected chi connectivity index (χ2v) is 6.73. The average molecular weight is 376 g/mol. The van der Waals surface area contributed by atoms with Crippen molar-refractivity contribution in [2.24, 2.45) is 0 Å². The van der Waals surface area contributed by atoms with E-state index in [1.807, 2.05) is 27.7 Å². The van der Waals surface area contributed by atoms with Crippen molar-refractivity contribution in [1.29, 1.82) is 0 Å². The van der Waals surface area contributed by atoms with Crippen molar-refractivity contribution in [3.05, 3.63) is 36.0 Å². The fraction of sp³-hybridized carbons (Fsp3) is 0.421. The number of hydrogen-bond donors (Lipinski definition) is 1. The maximum absolute atomic E-state index is 11.8. The van der Waals surface area contributed by atoms with Crippen molar-refractivity contribution < 1.29 is 28.3 Å². The van der Waals surface area contributed by atoms with E-state index >= 15 is 0 Å². The van der Waals surface area contributed by atoms with Gasteiger partial charge in [-0.1, -0.05) is 25.9 Å². The number of aromatic nitrogens is 1. The lowest BCUT2D eigenvalue weighted by Crippen LogP contribution is -2.23. The summed E-state index contributed by atoms with van der Waals surface area (Å²) >= 11 is 0. The van der Waals surface area contributed by atoms with Crippen molar-refractivity contribution in [2.45, 2.75) is 33.1 Å². The zero-order chi connectivity index (χ0) is 19.9. The highest BCUT2D eigenvalue weighted by molar-refractivity contribution is 5.91. The van der Waals surface area contributed by atoms with Gasteiger partial charge in [0, 0.05) is 11.5 Å². The van der Waals surface area contributed by atoms with Gasteiger partial charge in [0.25, 0.3) is 5.91 Å². The van der Waals surface area contributed by atoms with Gasteiger partial charge < -0.3 is 18.7 Å². The minimum atomic E-state index is -0.660. The summed E-state index contributed by atoms with van der Waals surface area (Å²) in [7, 11) is 0. The summed E-state index contributed by atoms with van der Waals surface area (Å²) < 4.78 is 20.5. The van der Waals surface area contributed by atoms with Crippen LogP contribution in [0.2, 0.25) is 0 Å². The Morgan fingerprint density at radius 2 is 1.70 bits per heavy atom. The molecule has 2 rings (SSSR count). The van der Waals surface area contributed by atoms with Crippen LogP contribution in [0.15, 0.2) is 34.9 Å². The molecule has 0 bridgehead atoms. The summed E-state index contributed by atoms with van der Waals surface area (Å²) in [5, 5.41) is 6.37. The summed E-state index contributed by atoms with van der Waals surface area (Å²) in [6.07, 6.45) is 0. The first kappa shape index (κ1) is 20.3. The minimum Gasteiger partial charge on any atom is -0.494 e. The van der Waals surface area contributed by atoms with Crippen LogP contribution < -0.4 is 14.8 Å². The zero-order valence-electron chi connectivity index (χ0n) is 15.9. The first-order valence-corrected chi connectivity index (χ1v) is 8.56. The van der Waals surface area contributed by atoms with E-state index in [1.54, 1.807) is 30.3 Å². The number of ether oxygens (including phenoxy) is 3. The summed E-state index contributed by atoms with van der Waals surface area (Å²) in [4.78, 5) is 23.5. The van der Waals surface area contributed by atoms with E-state index in [9.17, 15) is 9.59 Å². The number of carbonyl (C=O) groups excluding carboxylic acids is 2. The van der Waals surface area contributed by atoms with Crippen molar-refractivity contribution in [1.82, 2.24) is 5.16 Å². The Morgan fingerprint density at radius 1 is 1.07 bits per heavy atom. The third-order valence-electron chi connectivity index (χ3n) is 3.40. The third-order valence-corrected chi connectivity index (χ3v) is 3.40. The Labute approximate surface area is 157 Å². The average Bonchev–Trinajstić information content (AvgIpc) is 3.08. The van der Waals surface area contributed by atoms with Gasteiger partial charge in [0.05, 0.1) is 12.3 Å². The molecule has 1 aromatic carbocycles. The molecule has 0 aliphatic heterocycles. The second kappa shape index (κ2) is 9.07. The number of esters is 1. The zero-order valence-corrected chi connectivity index (χ0v) is 15.9. The number of amides is 1. The van der Waals surface area contributed by atoms with E-state index in [0.29, 0.717) is 23.8 Å². The smallest absolute Gasteiger partial charge is 0.344 e. The Balaban J connectivity index is 1.71. The quantitative estimate of drug-likeness (QED) is 0.707. The summed E-state index contributed by atoms with van der Waals surface area (Å²) in [5.41, 5.74) is 0.510. The standard InChI is InChI=1S/C19H24N2O6/c1-5-24-13-6-8-14(9-7-13)25-12-18(23)26-11-16(22)20-17-10-15(21-27-17)19(2,3)4/h6-10H,5,11-12H2,1-4H3,(H,20,22). The molecule has 1 amide bonds. The van der Waals surface area contributed by atoms with Gasteiger partial charge in [-0.3, -0.25) is 10.1 Å². The summed E-state index contributed by atoms with van der Waals surface area (Å²) in [6, 6.07) is 8.47. The van der Waals surface area contributed by atoms with Crippen molar-refractivity contribution in [2.75, 3.05) is 25.1 Å². The Hall–Kier alpha value is -3.03. The number of rotatable bonds is 8. The van der Waals surface area contributed by atoms with E-state index in [4.69, 9.17) is 18.7 Å². The highest BCUT2D eigenvalue weighted by atomic mass is 16.6. The van der Waals surface area contributed by atoms with Gasteiger partial charge in [-0.25, -0.2) is 4.79 Å². The molecule has 8 nitrogen and oxygen atoms in total. The molecule has 0 spiro atoms. The van der Waals surface area contributed by atoms with Crippen LogP contribution >= 0.6 is 0 Å². The van der Waals surface area contributed by atoms with Crippen LogP contribution in [-0.4, -0.2) is 36.9 Å². The van der Waals surface area contributed by atoms with Gasteiger partial charge in [-0.2, -0.15) is 0 Å². The second-order valence-electron chi connectivity index (χ2n) is 6.73. The first-order chi connectivity index (χ1) is 12.8. The lowest BCUT2D eigenvalue weighted by Gasteiger charge is -2.12. The van der Waals surface area contributed by atoms with E-state index in [-0.39, 0.29) is 17.9 Å². The van der Waals surface area contributed by atoms with Gasteiger partial charge >= 0.3 is 5.97 Å². The van der Waals surface area contributed by atoms with E-state index in [0.717, 1.165) is 0 Å². The van der Waals surface area contributed by atoms with Crippen LogP contribution in [0.25, 0.3) is 0 Å². The molecule has 2 aromatic rings. The molecule has 0 saturated heterocycles. The maximum atomic E-state index is 11.8. The fourth-order valence-electron chi connectivity index (χ4n) is 1.99. The molecule has 0 fully saturated rings. The van der Waals surface area contributed by atoms with Gasteiger partial charge in [0.1, 0.15) is 11.5 Å². The van der Waals surface area contributed by atoms with Crippen LogP contribution in [0, 0.1) is 0 Å². The largest absolute Gasteiger partial charge is 0.494 e. The topological polar surface area (TPSA) is 99.9 Å². The van der Waals surface area contributed by atoms with Crippen LogP contribution in [-0.2, 0) is 19.7 Å². The van der Waals surface area contributed by atoms with E-state index in [2.05, 4.69) is 10.5 Å². The maximum Gasteiger partial charge on any atom is 0.344 e. The van der Waals surface area contributed by atoms with Crippen LogP contribution in [0.1, 0.15) is 33.4 Å². The van der Waals surface area contributed by atoms with Gasteiger partial charge in [-0.15, -0.1) is 0 Å². The third kappa shape index (κ3) is 6.65. The molecule has 1 heterocycles. The predicted molar refractivity (Wildman–Crippen MR) is 97.9 cm³/mol. The molecule has 27 heavy (non-hydrogen) atoms. The summed E-state index contributed by atoms with van der Waals surface area (Å²) in [5.74, 6) is 0.224. The fourth-order valence-corrected chi connectivity index (χ4v) is 1.99. The van der Waals surface area contributed by atoms with E-state index < -0.39 is 18.5 Å². The number of nitrogens with one attached hydrogen (secondary N) is 1. The van der Waals surface area contributed by atoms with Gasteiger partial charge in [-0.05, 0) is 31.2 Å². The molecule has 0 radical (unpaired) electrons. The minimum absolute atomic E-state index is 0.197. The number of hydrogen-bond acceptors (Lipinski definition) is 7. The molecule has 0 atom stereocenters. The molecular weight excluding hydrogens is 352 g/mol. The Bertz CT molecular complexity index is 761. The van der Waals surface area contributed by atoms with Crippen molar-refractivity contribution >= 4 is 17.8 Å². The normalized spacial score (nSPS) is 11.0. The van der Waals surface area contributed by atoms with Gasteiger partial charge in [0.2, 0.25) is 5.88 Å². The molecular formula is C19H24N2O6. The molecule has 0 aliphatic rings.